The number of hydrogen-bond acceptors (Lipinski definition) is 3. The van der Waals surface area contributed by atoms with Gasteiger partial charge < -0.3 is 10.6 Å². The van der Waals surface area contributed by atoms with Gasteiger partial charge in [-0.15, -0.1) is 11.3 Å². The normalized spacial score (nSPS) is 11.2. The molecule has 18 heavy (non-hydrogen) atoms. The largest absolute Gasteiger partial charge is 0.397 e. The third-order valence-electron chi connectivity index (χ3n) is 3.17. The monoisotopic (exact) mass is 262 g/mol. The smallest absolute Gasteiger partial charge is 0.266 e. The van der Waals surface area contributed by atoms with Gasteiger partial charge in [0, 0.05) is 23.2 Å². The molecule has 4 heteroatoms. The van der Waals surface area contributed by atoms with Crippen molar-refractivity contribution in [3.05, 3.63) is 28.6 Å². The number of amides is 1. The van der Waals surface area contributed by atoms with Crippen LogP contribution < -0.4 is 5.73 Å². The van der Waals surface area contributed by atoms with Gasteiger partial charge in [0.15, 0.2) is 0 Å². The lowest BCUT2D eigenvalue weighted by molar-refractivity contribution is 0.0761. The van der Waals surface area contributed by atoms with E-state index in [-0.39, 0.29) is 11.9 Å². The highest BCUT2D eigenvalue weighted by Crippen LogP contribution is 2.35. The molecule has 0 saturated carbocycles. The van der Waals surface area contributed by atoms with Gasteiger partial charge in [-0.25, -0.2) is 0 Å². The number of fused-ring (bicyclic) bond motifs is 1. The van der Waals surface area contributed by atoms with Crippen LogP contribution in [0.25, 0.3) is 10.1 Å². The Bertz CT molecular complexity index is 601. The maximum absolute atomic E-state index is 12.3. The molecular formula is C14H18N2OS. The summed E-state index contributed by atoms with van der Waals surface area (Å²) < 4.78 is 1.08. The quantitative estimate of drug-likeness (QED) is 0.903. The van der Waals surface area contributed by atoms with Crippen LogP contribution in [0.5, 0.6) is 0 Å². The number of benzene rings is 1. The topological polar surface area (TPSA) is 46.3 Å². The molecule has 1 heterocycles. The second-order valence-electron chi connectivity index (χ2n) is 4.85. The lowest BCUT2D eigenvalue weighted by Gasteiger charge is -2.20. The SMILES string of the molecule is Cc1ccc2c(N)c(C(=O)N(C)C(C)C)sc2c1. The molecule has 1 amide bonds. The van der Waals surface area contributed by atoms with Crippen molar-refractivity contribution in [3.63, 3.8) is 0 Å². The van der Waals surface area contributed by atoms with E-state index < -0.39 is 0 Å². The minimum atomic E-state index is 0.00125. The van der Waals surface area contributed by atoms with Crippen molar-refractivity contribution in [3.8, 4) is 0 Å². The van der Waals surface area contributed by atoms with E-state index in [2.05, 4.69) is 6.07 Å². The molecular weight excluding hydrogens is 244 g/mol. The van der Waals surface area contributed by atoms with Crippen LogP contribution in [0, 0.1) is 6.92 Å². The summed E-state index contributed by atoms with van der Waals surface area (Å²) in [5.74, 6) is 0.00125. The van der Waals surface area contributed by atoms with Gasteiger partial charge in [-0.3, -0.25) is 4.79 Å². The second-order valence-corrected chi connectivity index (χ2v) is 5.91. The first-order valence-corrected chi connectivity index (χ1v) is 6.79. The van der Waals surface area contributed by atoms with Gasteiger partial charge in [-0.05, 0) is 32.4 Å². The van der Waals surface area contributed by atoms with E-state index >= 15 is 0 Å². The number of nitrogens with two attached hydrogens (primary N) is 1. The highest BCUT2D eigenvalue weighted by atomic mass is 32.1. The number of anilines is 1. The summed E-state index contributed by atoms with van der Waals surface area (Å²) in [4.78, 5) is 14.7. The Kier molecular flexibility index (Phi) is 3.30. The fraction of sp³-hybridized carbons (Fsp3) is 0.357. The first kappa shape index (κ1) is 12.9. The highest BCUT2D eigenvalue weighted by Gasteiger charge is 2.21. The van der Waals surface area contributed by atoms with Gasteiger partial charge >= 0.3 is 0 Å². The molecule has 0 radical (unpaired) electrons. The van der Waals surface area contributed by atoms with Gasteiger partial charge in [-0.2, -0.15) is 0 Å². The van der Waals surface area contributed by atoms with Crippen molar-refractivity contribution < 1.29 is 4.79 Å². The number of rotatable bonds is 2. The van der Waals surface area contributed by atoms with Crippen molar-refractivity contribution >= 4 is 33.0 Å². The number of nitrogen functional groups attached to an aromatic ring is 1. The van der Waals surface area contributed by atoms with Crippen LogP contribution in [-0.4, -0.2) is 23.9 Å². The molecule has 3 nitrogen and oxygen atoms in total. The average Bonchev–Trinajstić information content (AvgIpc) is 2.64. The Balaban J connectivity index is 2.52. The summed E-state index contributed by atoms with van der Waals surface area (Å²) in [6.07, 6.45) is 0. The second kappa shape index (κ2) is 4.61. The molecule has 1 aromatic carbocycles. The zero-order chi connectivity index (χ0) is 13.4. The van der Waals surface area contributed by atoms with Gasteiger partial charge in [-0.1, -0.05) is 12.1 Å². The van der Waals surface area contributed by atoms with E-state index in [9.17, 15) is 4.79 Å². The average molecular weight is 262 g/mol. The fourth-order valence-electron chi connectivity index (χ4n) is 1.78. The maximum Gasteiger partial charge on any atom is 0.266 e. The summed E-state index contributed by atoms with van der Waals surface area (Å²) in [5, 5.41) is 0.978. The molecule has 1 aromatic heterocycles. The molecule has 0 bridgehead atoms. The zero-order valence-corrected chi connectivity index (χ0v) is 12.0. The van der Waals surface area contributed by atoms with E-state index in [1.54, 1.807) is 4.90 Å². The molecule has 2 aromatic rings. The Morgan fingerprint density at radius 1 is 1.39 bits per heavy atom. The molecule has 96 valence electrons. The Hall–Kier alpha value is -1.55. The summed E-state index contributed by atoms with van der Waals surface area (Å²) in [6.45, 7) is 6.02. The van der Waals surface area contributed by atoms with E-state index in [0.29, 0.717) is 10.6 Å². The maximum atomic E-state index is 12.3. The number of carbonyl (C=O) groups is 1. The van der Waals surface area contributed by atoms with Crippen molar-refractivity contribution in [1.29, 1.82) is 0 Å². The van der Waals surface area contributed by atoms with Crippen molar-refractivity contribution in [1.82, 2.24) is 4.90 Å². The standard InChI is InChI=1S/C14H18N2OS/c1-8(2)16(4)14(17)13-12(15)10-6-5-9(3)7-11(10)18-13/h5-8H,15H2,1-4H3. The Morgan fingerprint density at radius 3 is 2.67 bits per heavy atom. The summed E-state index contributed by atoms with van der Waals surface area (Å²) >= 11 is 1.48. The minimum Gasteiger partial charge on any atom is -0.397 e. The van der Waals surface area contributed by atoms with E-state index in [4.69, 9.17) is 5.73 Å². The van der Waals surface area contributed by atoms with Crippen LogP contribution in [0.2, 0.25) is 0 Å². The Morgan fingerprint density at radius 2 is 2.06 bits per heavy atom. The predicted molar refractivity (Wildman–Crippen MR) is 78.2 cm³/mol. The van der Waals surface area contributed by atoms with Gasteiger partial charge in [0.05, 0.1) is 5.69 Å². The molecule has 0 fully saturated rings. The molecule has 0 aliphatic heterocycles. The van der Waals surface area contributed by atoms with Gasteiger partial charge in [0.25, 0.3) is 5.91 Å². The first-order valence-electron chi connectivity index (χ1n) is 5.97. The van der Waals surface area contributed by atoms with Crippen LogP contribution in [0.15, 0.2) is 18.2 Å². The molecule has 0 atom stereocenters. The van der Waals surface area contributed by atoms with Gasteiger partial charge in [0.2, 0.25) is 0 Å². The van der Waals surface area contributed by atoms with E-state index in [0.717, 1.165) is 10.1 Å². The Labute approximate surface area is 111 Å². The van der Waals surface area contributed by atoms with E-state index in [1.807, 2.05) is 40.0 Å². The summed E-state index contributed by atoms with van der Waals surface area (Å²) in [5.41, 5.74) is 7.88. The van der Waals surface area contributed by atoms with Crippen molar-refractivity contribution in [2.75, 3.05) is 12.8 Å². The molecule has 2 N–H and O–H groups in total. The molecule has 0 unspecified atom stereocenters. The minimum absolute atomic E-state index is 0.00125. The fourth-order valence-corrected chi connectivity index (χ4v) is 2.98. The molecule has 0 aliphatic carbocycles. The van der Waals surface area contributed by atoms with Gasteiger partial charge in [0.1, 0.15) is 4.88 Å². The highest BCUT2D eigenvalue weighted by molar-refractivity contribution is 7.21. The number of aryl methyl sites for hydroxylation is 1. The number of nitrogens with zero attached hydrogens (tertiary/aromatic N) is 1. The molecule has 0 saturated heterocycles. The first-order chi connectivity index (χ1) is 8.41. The van der Waals surface area contributed by atoms with Crippen molar-refractivity contribution in [2.24, 2.45) is 0 Å². The van der Waals surface area contributed by atoms with Crippen LogP contribution in [0.1, 0.15) is 29.1 Å². The van der Waals surface area contributed by atoms with Crippen LogP contribution >= 0.6 is 11.3 Å². The predicted octanol–water partition coefficient (Wildman–Crippen LogP) is 3.27. The number of carbonyl (C=O) groups excluding carboxylic acids is 1. The van der Waals surface area contributed by atoms with E-state index in [1.165, 1.54) is 16.9 Å². The molecule has 2 rings (SSSR count). The summed E-state index contributed by atoms with van der Waals surface area (Å²) in [7, 11) is 1.81. The van der Waals surface area contributed by atoms with Crippen molar-refractivity contribution in [2.45, 2.75) is 26.8 Å². The third-order valence-corrected chi connectivity index (χ3v) is 4.33. The zero-order valence-electron chi connectivity index (χ0n) is 11.2. The van der Waals surface area contributed by atoms with Crippen LogP contribution in [-0.2, 0) is 0 Å². The lowest BCUT2D eigenvalue weighted by atomic mass is 10.1. The number of thiophene rings is 1. The molecule has 0 aliphatic rings. The summed E-state index contributed by atoms with van der Waals surface area (Å²) in [6, 6.07) is 6.25. The van der Waals surface area contributed by atoms with Crippen LogP contribution in [0.4, 0.5) is 5.69 Å². The molecule has 0 spiro atoms. The lowest BCUT2D eigenvalue weighted by Crippen LogP contribution is -2.32. The third kappa shape index (κ3) is 2.08. The number of hydrogen-bond donors (Lipinski definition) is 1. The van der Waals surface area contributed by atoms with Crippen LogP contribution in [0.3, 0.4) is 0 Å².